The smallest absolute Gasteiger partial charge is 0.200 e. The Labute approximate surface area is 104 Å². The molecule has 92 valence electrons. The largest absolute Gasteiger partial charge is 0.504 e. The van der Waals surface area contributed by atoms with Gasteiger partial charge in [0.25, 0.3) is 0 Å². The van der Waals surface area contributed by atoms with Gasteiger partial charge < -0.3 is 15.3 Å². The Hall–Kier alpha value is -2.49. The molecule has 0 saturated carbocycles. The van der Waals surface area contributed by atoms with Crippen LogP contribution in [0.4, 0.5) is 0 Å². The Morgan fingerprint density at radius 2 is 1.39 bits per heavy atom. The van der Waals surface area contributed by atoms with Crippen LogP contribution in [0.5, 0.6) is 17.2 Å². The zero-order chi connectivity index (χ0) is 13.3. The summed E-state index contributed by atoms with van der Waals surface area (Å²) in [4.78, 5) is 12.1. The number of aromatic hydroxyl groups is 3. The molecular formula is C14H12O4. The van der Waals surface area contributed by atoms with E-state index >= 15 is 0 Å². The first kappa shape index (κ1) is 12.0. The van der Waals surface area contributed by atoms with Crippen molar-refractivity contribution < 1.29 is 20.1 Å². The van der Waals surface area contributed by atoms with Crippen molar-refractivity contribution in [3.05, 3.63) is 53.1 Å². The predicted molar refractivity (Wildman–Crippen MR) is 66.0 cm³/mol. The third kappa shape index (κ3) is 2.13. The van der Waals surface area contributed by atoms with Crippen LogP contribution in [0, 0.1) is 6.92 Å². The summed E-state index contributed by atoms with van der Waals surface area (Å²) in [5.74, 6) is -2.01. The molecule has 2 aromatic carbocycles. The van der Waals surface area contributed by atoms with Crippen LogP contribution in [0.15, 0.2) is 36.4 Å². The van der Waals surface area contributed by atoms with Gasteiger partial charge in [-0.2, -0.15) is 0 Å². The van der Waals surface area contributed by atoms with E-state index in [4.69, 9.17) is 0 Å². The third-order valence-corrected chi connectivity index (χ3v) is 2.65. The molecule has 0 atom stereocenters. The normalized spacial score (nSPS) is 10.3. The molecule has 0 amide bonds. The number of benzene rings is 2. The Balaban J connectivity index is 2.43. The molecule has 0 aliphatic carbocycles. The van der Waals surface area contributed by atoms with Crippen LogP contribution in [0.3, 0.4) is 0 Å². The average molecular weight is 244 g/mol. The molecule has 18 heavy (non-hydrogen) atoms. The first-order valence-corrected chi connectivity index (χ1v) is 5.35. The predicted octanol–water partition coefficient (Wildman–Crippen LogP) is 2.34. The second kappa shape index (κ2) is 4.41. The zero-order valence-electron chi connectivity index (χ0n) is 9.71. The van der Waals surface area contributed by atoms with Gasteiger partial charge in [0.1, 0.15) is 0 Å². The van der Waals surface area contributed by atoms with E-state index in [0.717, 1.165) is 17.7 Å². The van der Waals surface area contributed by atoms with E-state index in [1.165, 1.54) is 0 Å². The highest BCUT2D eigenvalue weighted by Crippen LogP contribution is 2.35. The number of hydrogen-bond acceptors (Lipinski definition) is 4. The van der Waals surface area contributed by atoms with E-state index in [9.17, 15) is 20.1 Å². The van der Waals surface area contributed by atoms with Crippen LogP contribution in [0.25, 0.3) is 0 Å². The number of carbonyl (C=O) groups is 1. The molecule has 2 aromatic rings. The van der Waals surface area contributed by atoms with E-state index in [0.29, 0.717) is 5.56 Å². The number of rotatable bonds is 2. The molecular weight excluding hydrogens is 232 g/mol. The summed E-state index contributed by atoms with van der Waals surface area (Å²) in [6.45, 7) is 1.91. The lowest BCUT2D eigenvalue weighted by Crippen LogP contribution is -2.01. The molecule has 0 aromatic heterocycles. The highest BCUT2D eigenvalue weighted by atomic mass is 16.3. The minimum absolute atomic E-state index is 0.117. The van der Waals surface area contributed by atoms with Crippen molar-refractivity contribution in [3.8, 4) is 17.2 Å². The van der Waals surface area contributed by atoms with E-state index < -0.39 is 17.2 Å². The molecule has 0 radical (unpaired) electrons. The van der Waals surface area contributed by atoms with Crippen molar-refractivity contribution in [2.75, 3.05) is 0 Å². The summed E-state index contributed by atoms with van der Waals surface area (Å²) in [6, 6.07) is 9.17. The standard InChI is InChI=1S/C14H12O4/c1-8-2-4-9(5-3-8)13(17)10-6-11(15)14(18)12(16)7-10/h2-7,15-16,18H,1H3. The maximum atomic E-state index is 12.1. The van der Waals surface area contributed by atoms with Gasteiger partial charge in [-0.1, -0.05) is 29.8 Å². The van der Waals surface area contributed by atoms with Gasteiger partial charge in [-0.15, -0.1) is 0 Å². The lowest BCUT2D eigenvalue weighted by atomic mass is 10.0. The number of carbonyl (C=O) groups excluding carboxylic acids is 1. The summed E-state index contributed by atoms with van der Waals surface area (Å²) in [7, 11) is 0. The molecule has 0 aliphatic rings. The van der Waals surface area contributed by atoms with Crippen molar-refractivity contribution in [3.63, 3.8) is 0 Å². The quantitative estimate of drug-likeness (QED) is 0.559. The topological polar surface area (TPSA) is 77.8 Å². The molecule has 2 rings (SSSR count). The van der Waals surface area contributed by atoms with Gasteiger partial charge in [-0.05, 0) is 19.1 Å². The van der Waals surface area contributed by atoms with Crippen molar-refractivity contribution in [1.82, 2.24) is 0 Å². The van der Waals surface area contributed by atoms with E-state index in [2.05, 4.69) is 0 Å². The molecule has 0 unspecified atom stereocenters. The fraction of sp³-hybridized carbons (Fsp3) is 0.0714. The van der Waals surface area contributed by atoms with Crippen molar-refractivity contribution in [2.45, 2.75) is 6.92 Å². The number of aryl methyl sites for hydroxylation is 1. The average Bonchev–Trinajstić information content (AvgIpc) is 2.35. The summed E-state index contributed by atoms with van der Waals surface area (Å²) in [5.41, 5.74) is 1.60. The number of phenolic OH excluding ortho intramolecular Hbond substituents is 3. The van der Waals surface area contributed by atoms with Gasteiger partial charge in [0.05, 0.1) is 0 Å². The maximum Gasteiger partial charge on any atom is 0.200 e. The summed E-state index contributed by atoms with van der Waals surface area (Å²) in [5, 5.41) is 27.9. The lowest BCUT2D eigenvalue weighted by molar-refractivity contribution is 0.103. The van der Waals surface area contributed by atoms with Gasteiger partial charge in [-0.25, -0.2) is 0 Å². The minimum atomic E-state index is -0.629. The first-order valence-electron chi connectivity index (χ1n) is 5.35. The fourth-order valence-corrected chi connectivity index (χ4v) is 1.61. The first-order chi connectivity index (χ1) is 8.49. The molecule has 0 saturated heterocycles. The van der Waals surface area contributed by atoms with E-state index in [1.807, 2.05) is 6.92 Å². The molecule has 0 heterocycles. The maximum absolute atomic E-state index is 12.1. The van der Waals surface area contributed by atoms with Crippen LogP contribution in [0.1, 0.15) is 21.5 Å². The lowest BCUT2D eigenvalue weighted by Gasteiger charge is -2.05. The van der Waals surface area contributed by atoms with Gasteiger partial charge in [0.2, 0.25) is 0 Å². The summed E-state index contributed by atoms with van der Waals surface area (Å²) < 4.78 is 0. The molecule has 3 N–H and O–H groups in total. The second-order valence-electron chi connectivity index (χ2n) is 4.06. The van der Waals surface area contributed by atoms with E-state index in [1.54, 1.807) is 24.3 Å². The number of phenols is 3. The molecule has 4 heteroatoms. The second-order valence-corrected chi connectivity index (χ2v) is 4.06. The Bertz CT molecular complexity index is 577. The van der Waals surface area contributed by atoms with Crippen LogP contribution in [-0.4, -0.2) is 21.1 Å². The Kier molecular flexibility index (Phi) is 2.93. The van der Waals surface area contributed by atoms with Crippen molar-refractivity contribution >= 4 is 5.78 Å². The van der Waals surface area contributed by atoms with Crippen LogP contribution < -0.4 is 0 Å². The van der Waals surface area contributed by atoms with Gasteiger partial charge >= 0.3 is 0 Å². The minimum Gasteiger partial charge on any atom is -0.504 e. The van der Waals surface area contributed by atoms with Gasteiger partial charge in [0, 0.05) is 11.1 Å². The SMILES string of the molecule is Cc1ccc(C(=O)c2cc(O)c(O)c(O)c2)cc1. The highest BCUT2D eigenvalue weighted by molar-refractivity contribution is 6.09. The summed E-state index contributed by atoms with van der Waals surface area (Å²) in [6.07, 6.45) is 0. The number of ketones is 1. The zero-order valence-corrected chi connectivity index (χ0v) is 9.71. The fourth-order valence-electron chi connectivity index (χ4n) is 1.61. The highest BCUT2D eigenvalue weighted by Gasteiger charge is 2.14. The summed E-state index contributed by atoms with van der Waals surface area (Å²) >= 11 is 0. The number of hydrogen-bond donors (Lipinski definition) is 3. The van der Waals surface area contributed by atoms with Gasteiger partial charge in [-0.3, -0.25) is 4.79 Å². The van der Waals surface area contributed by atoms with Gasteiger partial charge in [0.15, 0.2) is 23.0 Å². The van der Waals surface area contributed by atoms with Crippen LogP contribution in [0.2, 0.25) is 0 Å². The molecule has 0 aliphatic heterocycles. The molecule has 0 bridgehead atoms. The molecule has 4 nitrogen and oxygen atoms in total. The van der Waals surface area contributed by atoms with E-state index in [-0.39, 0.29) is 11.3 Å². The van der Waals surface area contributed by atoms with Crippen LogP contribution in [-0.2, 0) is 0 Å². The van der Waals surface area contributed by atoms with Crippen molar-refractivity contribution in [2.24, 2.45) is 0 Å². The van der Waals surface area contributed by atoms with Crippen LogP contribution >= 0.6 is 0 Å². The monoisotopic (exact) mass is 244 g/mol. The molecule has 0 spiro atoms. The Morgan fingerprint density at radius 1 is 0.889 bits per heavy atom. The Morgan fingerprint density at radius 3 is 1.89 bits per heavy atom. The molecule has 0 fully saturated rings. The van der Waals surface area contributed by atoms with Crippen molar-refractivity contribution in [1.29, 1.82) is 0 Å². The third-order valence-electron chi connectivity index (χ3n) is 2.65.